The predicted octanol–water partition coefficient (Wildman–Crippen LogP) is 4.89. The van der Waals surface area contributed by atoms with Crippen LogP contribution >= 0.6 is 11.6 Å². The van der Waals surface area contributed by atoms with Gasteiger partial charge in [-0.05, 0) is 86.8 Å². The number of piperidine rings is 1. The molecule has 1 spiro atoms. The molecule has 0 bridgehead atoms. The number of nitrogens with zero attached hydrogens (tertiary/aromatic N) is 2. The molecule has 1 N–H and O–H groups in total. The first-order chi connectivity index (χ1) is 17.5. The number of likely N-dealkylation sites (tertiary alicyclic amines) is 1. The van der Waals surface area contributed by atoms with Crippen molar-refractivity contribution in [2.24, 2.45) is 5.41 Å². The van der Waals surface area contributed by atoms with Gasteiger partial charge in [-0.3, -0.25) is 9.59 Å². The topological polar surface area (TPSA) is 79.3 Å². The van der Waals surface area contributed by atoms with Gasteiger partial charge >= 0.3 is 0 Å². The second-order valence-electron chi connectivity index (χ2n) is 10.8. The van der Waals surface area contributed by atoms with E-state index in [1.807, 2.05) is 6.07 Å². The minimum Gasteiger partial charge on any atom is -0.497 e. The third kappa shape index (κ3) is 5.88. The highest BCUT2D eigenvalue weighted by Gasteiger charge is 2.43. The maximum absolute atomic E-state index is 13.3. The summed E-state index contributed by atoms with van der Waals surface area (Å²) in [4.78, 5) is 28.8. The largest absolute Gasteiger partial charge is 0.497 e. The van der Waals surface area contributed by atoms with Gasteiger partial charge in [-0.2, -0.15) is 0 Å². The molecule has 1 saturated heterocycles. The van der Waals surface area contributed by atoms with E-state index in [4.69, 9.17) is 21.1 Å². The van der Waals surface area contributed by atoms with Crippen molar-refractivity contribution in [1.82, 2.24) is 9.80 Å². The van der Waals surface area contributed by atoms with Crippen molar-refractivity contribution >= 4 is 23.4 Å². The lowest BCUT2D eigenvalue weighted by molar-refractivity contribution is -0.153. The second-order valence-corrected chi connectivity index (χ2v) is 11.2. The Bertz CT molecular complexity index is 1130. The highest BCUT2D eigenvalue weighted by atomic mass is 35.5. The van der Waals surface area contributed by atoms with Crippen molar-refractivity contribution in [3.8, 4) is 11.5 Å². The van der Waals surface area contributed by atoms with Crippen molar-refractivity contribution in [3.63, 3.8) is 0 Å². The van der Waals surface area contributed by atoms with Crippen LogP contribution in [0.4, 0.5) is 0 Å². The second kappa shape index (κ2) is 10.9. The molecule has 8 heteroatoms. The number of carbonyl (C=O) groups is 2. The van der Waals surface area contributed by atoms with E-state index >= 15 is 0 Å². The van der Waals surface area contributed by atoms with Crippen LogP contribution < -0.4 is 9.47 Å². The molecule has 0 unspecified atom stereocenters. The Morgan fingerprint density at radius 3 is 2.32 bits per heavy atom. The van der Waals surface area contributed by atoms with E-state index in [2.05, 4.69) is 0 Å². The normalized spacial score (nSPS) is 19.2. The fourth-order valence-electron chi connectivity index (χ4n) is 5.54. The lowest BCUT2D eigenvalue weighted by atomic mass is 9.67. The van der Waals surface area contributed by atoms with Crippen LogP contribution in [-0.2, 0) is 10.4 Å². The third-order valence-corrected chi connectivity index (χ3v) is 8.35. The van der Waals surface area contributed by atoms with Crippen LogP contribution in [0.25, 0.3) is 0 Å². The van der Waals surface area contributed by atoms with E-state index in [0.717, 1.165) is 38.5 Å². The molecule has 7 nitrogen and oxygen atoms in total. The number of hydrogen-bond acceptors (Lipinski definition) is 5. The zero-order chi connectivity index (χ0) is 26.8. The van der Waals surface area contributed by atoms with Crippen LogP contribution in [-0.4, -0.2) is 67.1 Å². The molecule has 1 aliphatic carbocycles. The summed E-state index contributed by atoms with van der Waals surface area (Å²) >= 11 is 6.34. The van der Waals surface area contributed by atoms with Gasteiger partial charge in [0, 0.05) is 27.2 Å². The quantitative estimate of drug-likeness (QED) is 0.577. The molecule has 0 aromatic heterocycles. The highest BCUT2D eigenvalue weighted by Crippen LogP contribution is 2.46. The molecule has 2 aromatic carbocycles. The van der Waals surface area contributed by atoms with Crippen molar-refractivity contribution in [3.05, 3.63) is 58.6 Å². The van der Waals surface area contributed by atoms with Gasteiger partial charge in [0.05, 0.1) is 23.8 Å². The number of aliphatic hydroxyl groups is 1. The Morgan fingerprint density at radius 2 is 1.73 bits per heavy atom. The summed E-state index contributed by atoms with van der Waals surface area (Å²) in [5, 5.41) is 11.5. The SMILES string of the molecule is COc1cccc([C@@](C)(O)C(=O)N2CCC3(CCC(Oc4ccc(C(=O)N(C)C)c(Cl)c4)CC3)CC2)c1. The van der Waals surface area contributed by atoms with E-state index in [1.54, 1.807) is 69.4 Å². The predicted molar refractivity (Wildman–Crippen MR) is 143 cm³/mol. The molecule has 1 atom stereocenters. The van der Waals surface area contributed by atoms with Gasteiger partial charge in [-0.25, -0.2) is 0 Å². The monoisotopic (exact) mass is 528 g/mol. The zero-order valence-electron chi connectivity index (χ0n) is 22.1. The van der Waals surface area contributed by atoms with E-state index in [0.29, 0.717) is 40.7 Å². The summed E-state index contributed by atoms with van der Waals surface area (Å²) in [5.41, 5.74) is -0.390. The molecule has 2 aromatic rings. The number of ether oxygens (including phenoxy) is 2. The fraction of sp³-hybridized carbons (Fsp3) is 0.517. The van der Waals surface area contributed by atoms with E-state index in [1.165, 1.54) is 4.90 Å². The lowest BCUT2D eigenvalue weighted by Gasteiger charge is -2.46. The molecule has 2 fully saturated rings. The third-order valence-electron chi connectivity index (χ3n) is 8.03. The van der Waals surface area contributed by atoms with Gasteiger partial charge in [0.15, 0.2) is 5.60 Å². The lowest BCUT2D eigenvalue weighted by Crippen LogP contribution is -2.51. The highest BCUT2D eigenvalue weighted by molar-refractivity contribution is 6.34. The van der Waals surface area contributed by atoms with E-state index in [-0.39, 0.29) is 23.3 Å². The van der Waals surface area contributed by atoms with E-state index in [9.17, 15) is 14.7 Å². The maximum Gasteiger partial charge on any atom is 0.258 e. The first kappa shape index (κ1) is 27.3. The van der Waals surface area contributed by atoms with Gasteiger partial charge in [0.25, 0.3) is 11.8 Å². The summed E-state index contributed by atoms with van der Waals surface area (Å²) in [5.74, 6) is 0.899. The maximum atomic E-state index is 13.3. The molecule has 2 amide bonds. The van der Waals surface area contributed by atoms with Crippen LogP contribution in [0.3, 0.4) is 0 Å². The summed E-state index contributed by atoms with van der Waals surface area (Å²) in [7, 11) is 4.97. The van der Waals surface area contributed by atoms with Gasteiger partial charge in [-0.1, -0.05) is 23.7 Å². The van der Waals surface area contributed by atoms with Crippen LogP contribution in [0.5, 0.6) is 11.5 Å². The minimum absolute atomic E-state index is 0.102. The Labute approximate surface area is 224 Å². The molecule has 2 aliphatic rings. The number of benzene rings is 2. The van der Waals surface area contributed by atoms with Crippen LogP contribution in [0, 0.1) is 5.41 Å². The first-order valence-electron chi connectivity index (χ1n) is 12.9. The number of carbonyl (C=O) groups excluding carboxylic acids is 2. The molecule has 0 radical (unpaired) electrons. The van der Waals surface area contributed by atoms with Crippen molar-refractivity contribution in [2.45, 2.75) is 57.2 Å². The number of rotatable bonds is 6. The molecule has 1 aliphatic heterocycles. The van der Waals surface area contributed by atoms with Gasteiger partial charge < -0.3 is 24.4 Å². The number of methoxy groups -OCH3 is 1. The Morgan fingerprint density at radius 1 is 1.05 bits per heavy atom. The Kier molecular flexibility index (Phi) is 8.05. The zero-order valence-corrected chi connectivity index (χ0v) is 22.9. The van der Waals surface area contributed by atoms with Crippen molar-refractivity contribution in [2.75, 3.05) is 34.3 Å². The average molecular weight is 529 g/mol. The summed E-state index contributed by atoms with van der Waals surface area (Å²) < 4.78 is 11.5. The van der Waals surface area contributed by atoms with Gasteiger partial charge in [0.1, 0.15) is 11.5 Å². The van der Waals surface area contributed by atoms with Crippen molar-refractivity contribution < 1.29 is 24.2 Å². The van der Waals surface area contributed by atoms with E-state index < -0.39 is 5.60 Å². The standard InChI is InChI=1S/C29H37ClN2O5/c1-28(35,20-6-5-7-22(18-20)36-4)27(34)32-16-14-29(15-17-32)12-10-21(11-13-29)37-23-8-9-24(25(30)19-23)26(33)31(2)3/h5-9,18-19,21,35H,10-17H2,1-4H3/t28-/m1/s1. The van der Waals surface area contributed by atoms with Crippen LogP contribution in [0.2, 0.25) is 5.02 Å². The van der Waals surface area contributed by atoms with Gasteiger partial charge in [-0.15, -0.1) is 0 Å². The van der Waals surface area contributed by atoms with Crippen LogP contribution in [0.1, 0.15) is 61.4 Å². The fourth-order valence-corrected chi connectivity index (χ4v) is 5.79. The molecule has 4 rings (SSSR count). The average Bonchev–Trinajstić information content (AvgIpc) is 2.90. The number of amides is 2. The summed E-state index contributed by atoms with van der Waals surface area (Å²) in [6, 6.07) is 12.3. The van der Waals surface area contributed by atoms with Crippen LogP contribution in [0.15, 0.2) is 42.5 Å². The van der Waals surface area contributed by atoms with Crippen molar-refractivity contribution in [1.29, 1.82) is 0 Å². The molecular formula is C29H37ClN2O5. The molecule has 1 heterocycles. The first-order valence-corrected chi connectivity index (χ1v) is 13.3. The summed E-state index contributed by atoms with van der Waals surface area (Å²) in [6.45, 7) is 2.84. The molecule has 37 heavy (non-hydrogen) atoms. The minimum atomic E-state index is -1.60. The number of hydrogen-bond donors (Lipinski definition) is 1. The Balaban J connectivity index is 1.31. The number of halogens is 1. The summed E-state index contributed by atoms with van der Waals surface area (Å²) in [6.07, 6.45) is 5.90. The molecule has 200 valence electrons. The van der Waals surface area contributed by atoms with Gasteiger partial charge in [0.2, 0.25) is 0 Å². The molecule has 1 saturated carbocycles. The molecular weight excluding hydrogens is 492 g/mol. The Hall–Kier alpha value is -2.77. The smallest absolute Gasteiger partial charge is 0.258 e.